The third-order valence-electron chi connectivity index (χ3n) is 2.73. The van der Waals surface area contributed by atoms with E-state index in [9.17, 15) is 13.5 Å². The van der Waals surface area contributed by atoms with Crippen LogP contribution >= 0.6 is 11.8 Å². The van der Waals surface area contributed by atoms with Crippen LogP contribution in [0, 0.1) is 5.92 Å². The maximum Gasteiger partial charge on any atom is 0.217 e. The molecule has 0 saturated heterocycles. The molecule has 2 atom stereocenters. The lowest BCUT2D eigenvalue weighted by Crippen LogP contribution is -2.46. The van der Waals surface area contributed by atoms with Crippen LogP contribution in [-0.4, -0.2) is 54.8 Å². The summed E-state index contributed by atoms with van der Waals surface area (Å²) in [5.41, 5.74) is 0. The minimum absolute atomic E-state index is 0.103. The van der Waals surface area contributed by atoms with Crippen LogP contribution in [0.1, 0.15) is 20.8 Å². The molecule has 0 aromatic rings. The highest BCUT2D eigenvalue weighted by atomic mass is 32.2. The lowest BCUT2D eigenvalue weighted by atomic mass is 10.1. The van der Waals surface area contributed by atoms with E-state index < -0.39 is 15.3 Å². The zero-order valence-corrected chi connectivity index (χ0v) is 12.3. The molecule has 6 heteroatoms. The average molecular weight is 269 g/mol. The molecule has 0 aromatic carbocycles. The van der Waals surface area contributed by atoms with E-state index in [1.165, 1.54) is 16.1 Å². The van der Waals surface area contributed by atoms with Gasteiger partial charge in [0.2, 0.25) is 10.0 Å². The molecule has 0 aliphatic carbocycles. The van der Waals surface area contributed by atoms with Gasteiger partial charge in [0.1, 0.15) is 0 Å². The second kappa shape index (κ2) is 6.83. The third-order valence-corrected chi connectivity index (χ3v) is 6.04. The van der Waals surface area contributed by atoms with Gasteiger partial charge in [0.15, 0.2) is 0 Å². The fourth-order valence-corrected chi connectivity index (χ4v) is 4.36. The minimum Gasteiger partial charge on any atom is -0.395 e. The zero-order valence-electron chi connectivity index (χ0n) is 10.7. The van der Waals surface area contributed by atoms with Crippen LogP contribution in [0.4, 0.5) is 0 Å². The van der Waals surface area contributed by atoms with E-state index in [1.54, 1.807) is 14.0 Å². The van der Waals surface area contributed by atoms with E-state index in [0.29, 0.717) is 5.75 Å². The Kier molecular flexibility index (Phi) is 6.93. The van der Waals surface area contributed by atoms with Gasteiger partial charge in [0.25, 0.3) is 0 Å². The fourth-order valence-electron chi connectivity index (χ4n) is 1.54. The SMILES string of the molecule is CSCC(C)S(=O)(=O)N(C)[C@@H](CO)C(C)C. The number of thioether (sulfide) groups is 1. The maximum absolute atomic E-state index is 12.1. The number of nitrogens with zero attached hydrogens (tertiary/aromatic N) is 1. The van der Waals surface area contributed by atoms with E-state index in [-0.39, 0.29) is 18.6 Å². The number of rotatable bonds is 7. The molecule has 0 rings (SSSR count). The van der Waals surface area contributed by atoms with Gasteiger partial charge in [0, 0.05) is 18.8 Å². The number of sulfonamides is 1. The predicted octanol–water partition coefficient (Wildman–Crippen LogP) is 1.02. The Morgan fingerprint density at radius 2 is 1.81 bits per heavy atom. The molecule has 0 heterocycles. The van der Waals surface area contributed by atoms with Crippen molar-refractivity contribution in [1.82, 2.24) is 4.31 Å². The summed E-state index contributed by atoms with van der Waals surface area (Å²) in [6.07, 6.45) is 1.89. The van der Waals surface area contributed by atoms with Gasteiger partial charge in [0.05, 0.1) is 11.9 Å². The molecule has 4 nitrogen and oxygen atoms in total. The number of likely N-dealkylation sites (N-methyl/N-ethyl adjacent to an activating group) is 1. The van der Waals surface area contributed by atoms with Crippen molar-refractivity contribution in [3.8, 4) is 0 Å². The summed E-state index contributed by atoms with van der Waals surface area (Å²) in [5.74, 6) is 0.675. The Morgan fingerprint density at radius 3 is 2.12 bits per heavy atom. The van der Waals surface area contributed by atoms with Crippen LogP contribution in [0.5, 0.6) is 0 Å². The summed E-state index contributed by atoms with van der Waals surface area (Å²) in [7, 11) is -1.76. The molecule has 0 aliphatic heterocycles. The smallest absolute Gasteiger partial charge is 0.217 e. The second-order valence-electron chi connectivity index (χ2n) is 4.32. The van der Waals surface area contributed by atoms with Crippen molar-refractivity contribution in [1.29, 1.82) is 0 Å². The standard InChI is InChI=1S/C10H23NO3S2/c1-8(2)10(6-12)11(4)16(13,14)9(3)7-15-5/h8-10,12H,6-7H2,1-5H3/t9?,10-/m0/s1. The number of aliphatic hydroxyl groups is 1. The van der Waals surface area contributed by atoms with Crippen LogP contribution in [0.25, 0.3) is 0 Å². The van der Waals surface area contributed by atoms with Crippen molar-refractivity contribution in [2.75, 3.05) is 25.7 Å². The van der Waals surface area contributed by atoms with Gasteiger partial charge >= 0.3 is 0 Å². The summed E-state index contributed by atoms with van der Waals surface area (Å²) < 4.78 is 25.6. The summed E-state index contributed by atoms with van der Waals surface area (Å²) >= 11 is 1.51. The van der Waals surface area contributed by atoms with Gasteiger partial charge in [-0.05, 0) is 19.1 Å². The lowest BCUT2D eigenvalue weighted by molar-refractivity contribution is 0.166. The Labute approximate surface area is 103 Å². The van der Waals surface area contributed by atoms with Gasteiger partial charge in [-0.3, -0.25) is 0 Å². The number of aliphatic hydroxyl groups excluding tert-OH is 1. The van der Waals surface area contributed by atoms with Crippen molar-refractivity contribution in [3.05, 3.63) is 0 Å². The first-order valence-corrected chi connectivity index (χ1v) is 8.25. The molecule has 1 unspecified atom stereocenters. The topological polar surface area (TPSA) is 57.6 Å². The first-order chi connectivity index (χ1) is 7.28. The molecule has 0 spiro atoms. The van der Waals surface area contributed by atoms with Crippen LogP contribution < -0.4 is 0 Å². The van der Waals surface area contributed by atoms with Crippen molar-refractivity contribution in [3.63, 3.8) is 0 Å². The molecule has 0 bridgehead atoms. The van der Waals surface area contributed by atoms with Gasteiger partial charge in [-0.1, -0.05) is 13.8 Å². The Hall–Kier alpha value is 0.220. The molecule has 98 valence electrons. The van der Waals surface area contributed by atoms with Crippen molar-refractivity contribution < 1.29 is 13.5 Å². The Bertz CT molecular complexity index is 290. The normalized spacial score (nSPS) is 16.8. The predicted molar refractivity (Wildman–Crippen MR) is 70.2 cm³/mol. The average Bonchev–Trinajstić information content (AvgIpc) is 2.18. The fraction of sp³-hybridized carbons (Fsp3) is 1.00. The third kappa shape index (κ3) is 3.91. The van der Waals surface area contributed by atoms with Crippen LogP contribution in [0.3, 0.4) is 0 Å². The number of hydrogen-bond donors (Lipinski definition) is 1. The van der Waals surface area contributed by atoms with Crippen LogP contribution in [-0.2, 0) is 10.0 Å². The molecule has 0 aliphatic rings. The van der Waals surface area contributed by atoms with Gasteiger partial charge < -0.3 is 5.11 Å². The molecule has 0 saturated carbocycles. The monoisotopic (exact) mass is 269 g/mol. The summed E-state index contributed by atoms with van der Waals surface area (Å²) in [6.45, 7) is 5.38. The van der Waals surface area contributed by atoms with E-state index in [4.69, 9.17) is 0 Å². The second-order valence-corrected chi connectivity index (χ2v) is 7.64. The van der Waals surface area contributed by atoms with Crippen molar-refractivity contribution in [2.24, 2.45) is 5.92 Å². The maximum atomic E-state index is 12.1. The Balaban J connectivity index is 4.87. The van der Waals surface area contributed by atoms with E-state index in [1.807, 2.05) is 20.1 Å². The first-order valence-electron chi connectivity index (χ1n) is 5.35. The van der Waals surface area contributed by atoms with E-state index >= 15 is 0 Å². The summed E-state index contributed by atoms with van der Waals surface area (Å²) in [4.78, 5) is 0. The summed E-state index contributed by atoms with van der Waals surface area (Å²) in [6, 6.07) is -0.339. The zero-order chi connectivity index (χ0) is 12.9. The molecule has 16 heavy (non-hydrogen) atoms. The first kappa shape index (κ1) is 16.2. The highest BCUT2D eigenvalue weighted by Gasteiger charge is 2.32. The molecule has 0 radical (unpaired) electrons. The summed E-state index contributed by atoms with van der Waals surface area (Å²) in [5, 5.41) is 8.81. The van der Waals surface area contributed by atoms with Crippen LogP contribution in [0.15, 0.2) is 0 Å². The van der Waals surface area contributed by atoms with Crippen molar-refractivity contribution >= 4 is 21.8 Å². The van der Waals surface area contributed by atoms with Crippen LogP contribution in [0.2, 0.25) is 0 Å². The van der Waals surface area contributed by atoms with Crippen molar-refractivity contribution in [2.45, 2.75) is 32.1 Å². The van der Waals surface area contributed by atoms with Gasteiger partial charge in [-0.2, -0.15) is 16.1 Å². The van der Waals surface area contributed by atoms with E-state index in [0.717, 1.165) is 0 Å². The highest BCUT2D eigenvalue weighted by molar-refractivity contribution is 8.00. The highest BCUT2D eigenvalue weighted by Crippen LogP contribution is 2.18. The molecular formula is C10H23NO3S2. The molecular weight excluding hydrogens is 246 g/mol. The quantitative estimate of drug-likeness (QED) is 0.749. The lowest BCUT2D eigenvalue weighted by Gasteiger charge is -2.31. The molecule has 1 N–H and O–H groups in total. The molecule has 0 fully saturated rings. The molecule has 0 aromatic heterocycles. The van der Waals surface area contributed by atoms with Gasteiger partial charge in [-0.25, -0.2) is 8.42 Å². The van der Waals surface area contributed by atoms with Gasteiger partial charge in [-0.15, -0.1) is 0 Å². The molecule has 0 amide bonds. The number of hydrogen-bond acceptors (Lipinski definition) is 4. The van der Waals surface area contributed by atoms with E-state index in [2.05, 4.69) is 0 Å². The minimum atomic E-state index is -3.30. The Morgan fingerprint density at radius 1 is 1.31 bits per heavy atom. The largest absolute Gasteiger partial charge is 0.395 e.